The number of rotatable bonds is 5. The van der Waals surface area contributed by atoms with Gasteiger partial charge in [-0.2, -0.15) is 0 Å². The van der Waals surface area contributed by atoms with Crippen LogP contribution >= 0.6 is 0 Å². The molecule has 0 radical (unpaired) electrons. The summed E-state index contributed by atoms with van der Waals surface area (Å²) in [5.41, 5.74) is 1.18. The van der Waals surface area contributed by atoms with Crippen LogP contribution in [0.15, 0.2) is 46.9 Å². The number of hydrogen-bond donors (Lipinski definition) is 0. The highest BCUT2D eigenvalue weighted by molar-refractivity contribution is 5.52. The van der Waals surface area contributed by atoms with Gasteiger partial charge < -0.3 is 9.15 Å². The number of halogens is 1. The average Bonchev–Trinajstić information content (AvgIpc) is 3.07. The maximum atomic E-state index is 13.0. The normalized spacial score (nSPS) is 12.0. The molecule has 128 valence electrons. The predicted molar refractivity (Wildman–Crippen MR) is 86.6 cm³/mol. The number of aromatic nitrogens is 2. The fraction of sp³-hybridized carbons (Fsp3) is 0.176. The molecule has 3 aromatic rings. The molecule has 0 amide bonds. The molecule has 1 heterocycles. The number of aryl methyl sites for hydroxylation is 1. The Morgan fingerprint density at radius 2 is 1.92 bits per heavy atom. The predicted octanol–water partition coefficient (Wildman–Crippen LogP) is 4.23. The Hall–Kier alpha value is -3.29. The molecule has 7 nitrogen and oxygen atoms in total. The van der Waals surface area contributed by atoms with Crippen molar-refractivity contribution in [1.29, 1.82) is 0 Å². The summed E-state index contributed by atoms with van der Waals surface area (Å²) in [5, 5.41) is 18.9. The van der Waals surface area contributed by atoms with Crippen molar-refractivity contribution in [3.8, 4) is 17.2 Å². The Balaban J connectivity index is 1.82. The van der Waals surface area contributed by atoms with Crippen molar-refractivity contribution in [3.05, 3.63) is 69.9 Å². The Morgan fingerprint density at radius 3 is 2.60 bits per heavy atom. The lowest BCUT2D eigenvalue weighted by Gasteiger charge is -2.11. The van der Waals surface area contributed by atoms with Gasteiger partial charge in [0.1, 0.15) is 5.82 Å². The van der Waals surface area contributed by atoms with E-state index in [0.717, 1.165) is 5.56 Å². The van der Waals surface area contributed by atoms with Gasteiger partial charge in [-0.3, -0.25) is 10.1 Å². The van der Waals surface area contributed by atoms with Crippen molar-refractivity contribution in [2.24, 2.45) is 0 Å². The van der Waals surface area contributed by atoms with Gasteiger partial charge in [-0.1, -0.05) is 6.07 Å². The topological polar surface area (TPSA) is 91.3 Å². The van der Waals surface area contributed by atoms with E-state index in [2.05, 4.69) is 10.2 Å². The monoisotopic (exact) mass is 343 g/mol. The van der Waals surface area contributed by atoms with Crippen molar-refractivity contribution < 1.29 is 18.5 Å². The van der Waals surface area contributed by atoms with Gasteiger partial charge in [0.05, 0.1) is 4.92 Å². The summed E-state index contributed by atoms with van der Waals surface area (Å²) in [5.74, 6) is 0.120. The van der Waals surface area contributed by atoms with Crippen LogP contribution in [-0.4, -0.2) is 15.1 Å². The Kier molecular flexibility index (Phi) is 4.42. The molecule has 0 saturated heterocycles. The Morgan fingerprint density at radius 1 is 1.20 bits per heavy atom. The molecule has 3 rings (SSSR count). The number of nitro benzene ring substituents is 1. The summed E-state index contributed by atoms with van der Waals surface area (Å²) in [6.07, 6.45) is -0.692. The molecule has 0 aliphatic rings. The zero-order valence-corrected chi connectivity index (χ0v) is 13.5. The SMILES string of the molecule is Cc1ccc(O[C@H](C)c2nnc(-c3ccc(F)cc3)o2)c([N+](=O)[O-])c1. The summed E-state index contributed by atoms with van der Waals surface area (Å²) in [4.78, 5) is 10.6. The zero-order chi connectivity index (χ0) is 18.0. The van der Waals surface area contributed by atoms with Crippen LogP contribution in [0.2, 0.25) is 0 Å². The van der Waals surface area contributed by atoms with Gasteiger partial charge in [-0.15, -0.1) is 10.2 Å². The molecule has 1 atom stereocenters. The molecule has 1 aromatic heterocycles. The van der Waals surface area contributed by atoms with Crippen LogP contribution in [0, 0.1) is 22.9 Å². The van der Waals surface area contributed by atoms with Crippen LogP contribution in [0.5, 0.6) is 5.75 Å². The molecule has 0 bridgehead atoms. The van der Waals surface area contributed by atoms with Crippen LogP contribution in [0.1, 0.15) is 24.5 Å². The van der Waals surface area contributed by atoms with E-state index in [4.69, 9.17) is 9.15 Å². The minimum Gasteiger partial charge on any atom is -0.474 e. The minimum absolute atomic E-state index is 0.115. The first-order chi connectivity index (χ1) is 11.9. The van der Waals surface area contributed by atoms with E-state index >= 15 is 0 Å². The number of ether oxygens (including phenoxy) is 1. The summed E-state index contributed by atoms with van der Waals surface area (Å²) in [6.45, 7) is 3.40. The molecule has 8 heteroatoms. The van der Waals surface area contributed by atoms with Crippen molar-refractivity contribution >= 4 is 5.69 Å². The first-order valence-electron chi connectivity index (χ1n) is 7.45. The van der Waals surface area contributed by atoms with Crippen LogP contribution in [0.4, 0.5) is 10.1 Å². The smallest absolute Gasteiger partial charge is 0.311 e. The molecule has 0 unspecified atom stereocenters. The van der Waals surface area contributed by atoms with E-state index in [1.807, 2.05) is 0 Å². The number of benzene rings is 2. The van der Waals surface area contributed by atoms with Crippen LogP contribution in [0.3, 0.4) is 0 Å². The van der Waals surface area contributed by atoms with E-state index in [1.165, 1.54) is 36.4 Å². The fourth-order valence-corrected chi connectivity index (χ4v) is 2.22. The van der Waals surface area contributed by atoms with Gasteiger partial charge in [0.15, 0.2) is 11.9 Å². The van der Waals surface area contributed by atoms with E-state index in [0.29, 0.717) is 5.56 Å². The van der Waals surface area contributed by atoms with Gasteiger partial charge in [0.25, 0.3) is 5.89 Å². The van der Waals surface area contributed by atoms with Gasteiger partial charge >= 0.3 is 5.69 Å². The van der Waals surface area contributed by atoms with Crippen molar-refractivity contribution in [2.45, 2.75) is 20.0 Å². The van der Waals surface area contributed by atoms with Crippen LogP contribution in [0.25, 0.3) is 11.5 Å². The third-order valence-corrected chi connectivity index (χ3v) is 3.49. The summed E-state index contributed by atoms with van der Waals surface area (Å²) in [7, 11) is 0. The Labute approximate surface area is 142 Å². The highest BCUT2D eigenvalue weighted by Gasteiger charge is 2.22. The van der Waals surface area contributed by atoms with E-state index < -0.39 is 11.0 Å². The Bertz CT molecular complexity index is 909. The van der Waals surface area contributed by atoms with E-state index in [-0.39, 0.29) is 29.0 Å². The summed E-state index contributed by atoms with van der Waals surface area (Å²) < 4.78 is 24.1. The lowest BCUT2D eigenvalue weighted by Crippen LogP contribution is -2.05. The first kappa shape index (κ1) is 16.6. The summed E-state index contributed by atoms with van der Waals surface area (Å²) in [6, 6.07) is 10.3. The highest BCUT2D eigenvalue weighted by atomic mass is 19.1. The third kappa shape index (κ3) is 3.63. The molecule has 0 aliphatic heterocycles. The second-order valence-electron chi connectivity index (χ2n) is 5.44. The fourth-order valence-electron chi connectivity index (χ4n) is 2.22. The average molecular weight is 343 g/mol. The lowest BCUT2D eigenvalue weighted by molar-refractivity contribution is -0.386. The number of hydrogen-bond acceptors (Lipinski definition) is 6. The standard InChI is InChI=1S/C17H14FN3O4/c1-10-3-8-15(14(9-10)21(22)23)24-11(2)16-19-20-17(25-16)12-4-6-13(18)7-5-12/h3-9,11H,1-2H3/t11-/m1/s1. The van der Waals surface area contributed by atoms with Crippen LogP contribution < -0.4 is 4.74 Å². The van der Waals surface area contributed by atoms with Gasteiger partial charge in [-0.25, -0.2) is 4.39 Å². The second-order valence-corrected chi connectivity index (χ2v) is 5.44. The quantitative estimate of drug-likeness (QED) is 0.508. The lowest BCUT2D eigenvalue weighted by atomic mass is 10.2. The minimum atomic E-state index is -0.692. The maximum Gasteiger partial charge on any atom is 0.311 e. The zero-order valence-electron chi connectivity index (χ0n) is 13.5. The maximum absolute atomic E-state index is 13.0. The van der Waals surface area contributed by atoms with Crippen molar-refractivity contribution in [2.75, 3.05) is 0 Å². The van der Waals surface area contributed by atoms with Crippen molar-refractivity contribution in [3.63, 3.8) is 0 Å². The molecule has 2 aromatic carbocycles. The number of nitrogens with zero attached hydrogens (tertiary/aromatic N) is 3. The van der Waals surface area contributed by atoms with E-state index in [1.54, 1.807) is 19.9 Å². The number of nitro groups is 1. The summed E-state index contributed by atoms with van der Waals surface area (Å²) >= 11 is 0. The highest BCUT2D eigenvalue weighted by Crippen LogP contribution is 2.32. The van der Waals surface area contributed by atoms with Gasteiger partial charge in [0, 0.05) is 11.6 Å². The molecule has 0 N–H and O–H groups in total. The molecule has 0 fully saturated rings. The third-order valence-electron chi connectivity index (χ3n) is 3.49. The molecule has 0 aliphatic carbocycles. The molecular formula is C17H14FN3O4. The second kappa shape index (κ2) is 6.68. The molecule has 0 spiro atoms. The largest absolute Gasteiger partial charge is 0.474 e. The molecular weight excluding hydrogens is 329 g/mol. The molecule has 25 heavy (non-hydrogen) atoms. The molecule has 0 saturated carbocycles. The van der Waals surface area contributed by atoms with Crippen molar-refractivity contribution in [1.82, 2.24) is 10.2 Å². The van der Waals surface area contributed by atoms with Gasteiger partial charge in [0.2, 0.25) is 5.89 Å². The van der Waals surface area contributed by atoms with E-state index in [9.17, 15) is 14.5 Å². The van der Waals surface area contributed by atoms with Crippen LogP contribution in [-0.2, 0) is 0 Å². The first-order valence-corrected chi connectivity index (χ1v) is 7.45. The van der Waals surface area contributed by atoms with Gasteiger partial charge in [-0.05, 0) is 49.7 Å².